The maximum absolute atomic E-state index is 12.3. The monoisotopic (exact) mass is 382 g/mol. The summed E-state index contributed by atoms with van der Waals surface area (Å²) in [6.45, 7) is 0.704. The van der Waals surface area contributed by atoms with Crippen LogP contribution in [0.3, 0.4) is 0 Å². The van der Waals surface area contributed by atoms with Crippen LogP contribution in [-0.4, -0.2) is 49.0 Å². The lowest BCUT2D eigenvalue weighted by Gasteiger charge is -2.29. The molecule has 3 N–H and O–H groups in total. The molecule has 25 heavy (non-hydrogen) atoms. The van der Waals surface area contributed by atoms with Gasteiger partial charge in [0.25, 0.3) is 0 Å². The molecule has 1 aliphatic heterocycles. The number of piperidine rings is 1. The second-order valence-corrected chi connectivity index (χ2v) is 7.13. The lowest BCUT2D eigenvalue weighted by atomic mass is 9.98. The summed E-state index contributed by atoms with van der Waals surface area (Å²) in [6.07, 6.45) is -4.08. The summed E-state index contributed by atoms with van der Waals surface area (Å²) >= 11 is 0. The van der Waals surface area contributed by atoms with Crippen molar-refractivity contribution in [3.63, 3.8) is 0 Å². The predicted octanol–water partition coefficient (Wildman–Crippen LogP) is 1.21. The van der Waals surface area contributed by atoms with Crippen LogP contribution in [0.1, 0.15) is 12.8 Å². The lowest BCUT2D eigenvalue weighted by Crippen LogP contribution is -2.41. The van der Waals surface area contributed by atoms with Crippen molar-refractivity contribution in [3.8, 4) is 0 Å². The number of amides is 1. The van der Waals surface area contributed by atoms with E-state index in [1.807, 2.05) is 0 Å². The van der Waals surface area contributed by atoms with Gasteiger partial charge < -0.3 is 10.8 Å². The van der Waals surface area contributed by atoms with Gasteiger partial charge in [-0.05, 0) is 25.0 Å². The van der Waals surface area contributed by atoms with Crippen molar-refractivity contribution >= 4 is 21.9 Å². The van der Waals surface area contributed by atoms with Gasteiger partial charge in [0.1, 0.15) is 0 Å². The Morgan fingerprint density at radius 1 is 1.12 bits per heavy atom. The molecule has 2 rings (SSSR count). The van der Waals surface area contributed by atoms with E-state index < -0.39 is 22.2 Å². The molecular formula is C14H17F3N2O5S. The van der Waals surface area contributed by atoms with Crippen molar-refractivity contribution in [2.75, 3.05) is 13.1 Å². The highest BCUT2D eigenvalue weighted by atomic mass is 32.2. The number of alkyl halides is 3. The molecule has 1 aromatic rings. The Balaban J connectivity index is 0.000000381. The molecule has 0 bridgehead atoms. The van der Waals surface area contributed by atoms with E-state index in [1.165, 1.54) is 4.31 Å². The maximum atomic E-state index is 12.3. The number of carbonyl (C=O) groups excluding carboxylic acids is 1. The number of rotatable bonds is 3. The van der Waals surface area contributed by atoms with Crippen molar-refractivity contribution in [3.05, 3.63) is 30.3 Å². The Morgan fingerprint density at radius 2 is 1.56 bits per heavy atom. The molecule has 0 saturated carbocycles. The first-order valence-electron chi connectivity index (χ1n) is 7.11. The quantitative estimate of drug-likeness (QED) is 0.815. The van der Waals surface area contributed by atoms with E-state index in [4.69, 9.17) is 15.6 Å². The Morgan fingerprint density at radius 3 is 1.92 bits per heavy atom. The number of primary amides is 1. The van der Waals surface area contributed by atoms with Crippen LogP contribution >= 0.6 is 0 Å². The van der Waals surface area contributed by atoms with Gasteiger partial charge in [-0.25, -0.2) is 13.2 Å². The Bertz CT molecular complexity index is 699. The Labute approximate surface area is 142 Å². The van der Waals surface area contributed by atoms with Gasteiger partial charge in [-0.1, -0.05) is 18.2 Å². The van der Waals surface area contributed by atoms with Crippen LogP contribution < -0.4 is 5.73 Å². The number of nitrogens with two attached hydrogens (primary N) is 1. The van der Waals surface area contributed by atoms with E-state index in [0.717, 1.165) is 0 Å². The molecule has 1 amide bonds. The average molecular weight is 382 g/mol. The van der Waals surface area contributed by atoms with E-state index in [-0.39, 0.29) is 11.8 Å². The number of carbonyl (C=O) groups is 2. The molecule has 1 aromatic carbocycles. The molecule has 0 atom stereocenters. The predicted molar refractivity (Wildman–Crippen MR) is 80.8 cm³/mol. The van der Waals surface area contributed by atoms with Gasteiger partial charge in [-0.15, -0.1) is 0 Å². The van der Waals surface area contributed by atoms with Crippen molar-refractivity contribution in [2.45, 2.75) is 23.9 Å². The van der Waals surface area contributed by atoms with Gasteiger partial charge in [0.15, 0.2) is 0 Å². The number of hydrogen-bond acceptors (Lipinski definition) is 4. The molecule has 11 heteroatoms. The van der Waals surface area contributed by atoms with Crippen LogP contribution in [0.15, 0.2) is 35.2 Å². The van der Waals surface area contributed by atoms with Gasteiger partial charge in [0.2, 0.25) is 15.9 Å². The number of aliphatic carboxylic acids is 1. The van der Waals surface area contributed by atoms with E-state index in [1.54, 1.807) is 30.3 Å². The van der Waals surface area contributed by atoms with Crippen LogP contribution in [0.5, 0.6) is 0 Å². The first kappa shape index (κ1) is 20.9. The number of benzene rings is 1. The fraction of sp³-hybridized carbons (Fsp3) is 0.429. The normalized spacial score (nSPS) is 16.6. The summed E-state index contributed by atoms with van der Waals surface area (Å²) in [4.78, 5) is 20.2. The van der Waals surface area contributed by atoms with Crippen molar-refractivity contribution in [1.82, 2.24) is 4.31 Å². The van der Waals surface area contributed by atoms with Gasteiger partial charge in [0, 0.05) is 19.0 Å². The first-order valence-corrected chi connectivity index (χ1v) is 8.55. The topological polar surface area (TPSA) is 118 Å². The SMILES string of the molecule is NC(=O)C1CCN(S(=O)(=O)c2ccccc2)CC1.O=C(O)C(F)(F)F. The highest BCUT2D eigenvalue weighted by Gasteiger charge is 2.38. The molecule has 1 aliphatic rings. The van der Waals surface area contributed by atoms with Crippen LogP contribution in [0.2, 0.25) is 0 Å². The molecule has 0 unspecified atom stereocenters. The molecule has 1 fully saturated rings. The summed E-state index contributed by atoms with van der Waals surface area (Å²) in [6, 6.07) is 8.33. The first-order chi connectivity index (χ1) is 11.5. The van der Waals surface area contributed by atoms with Gasteiger partial charge in [0.05, 0.1) is 4.90 Å². The molecule has 7 nitrogen and oxygen atoms in total. The zero-order valence-corrected chi connectivity index (χ0v) is 13.8. The third kappa shape index (κ3) is 6.02. The second kappa shape index (κ2) is 8.30. The minimum atomic E-state index is -5.08. The largest absolute Gasteiger partial charge is 0.490 e. The van der Waals surface area contributed by atoms with E-state index in [2.05, 4.69) is 0 Å². The Hall–Kier alpha value is -2.14. The fourth-order valence-corrected chi connectivity index (χ4v) is 3.61. The number of carboxylic acid groups (broad SMARTS) is 1. The molecule has 0 radical (unpaired) electrons. The van der Waals surface area contributed by atoms with Gasteiger partial charge in [-0.3, -0.25) is 4.79 Å². The highest BCUT2D eigenvalue weighted by molar-refractivity contribution is 7.89. The van der Waals surface area contributed by atoms with Gasteiger partial charge >= 0.3 is 12.1 Å². The minimum Gasteiger partial charge on any atom is -0.475 e. The van der Waals surface area contributed by atoms with Crippen molar-refractivity contribution < 1.29 is 36.3 Å². The zero-order valence-electron chi connectivity index (χ0n) is 12.9. The number of carboxylic acids is 1. The number of sulfonamides is 1. The van der Waals surface area contributed by atoms with E-state index in [9.17, 15) is 26.4 Å². The molecule has 0 aliphatic carbocycles. The maximum Gasteiger partial charge on any atom is 0.490 e. The summed E-state index contributed by atoms with van der Waals surface area (Å²) < 4.78 is 57.7. The van der Waals surface area contributed by atoms with Crippen molar-refractivity contribution in [1.29, 1.82) is 0 Å². The highest BCUT2D eigenvalue weighted by Crippen LogP contribution is 2.23. The third-order valence-corrected chi connectivity index (χ3v) is 5.39. The fourth-order valence-electron chi connectivity index (χ4n) is 2.12. The zero-order chi connectivity index (χ0) is 19.3. The number of nitrogens with zero attached hydrogens (tertiary/aromatic N) is 1. The summed E-state index contributed by atoms with van der Waals surface area (Å²) in [5.74, 6) is -3.30. The van der Waals surface area contributed by atoms with Crippen LogP contribution in [0.4, 0.5) is 13.2 Å². The van der Waals surface area contributed by atoms with Crippen LogP contribution in [0, 0.1) is 5.92 Å². The smallest absolute Gasteiger partial charge is 0.475 e. The van der Waals surface area contributed by atoms with Gasteiger partial charge in [-0.2, -0.15) is 17.5 Å². The molecular weight excluding hydrogens is 365 g/mol. The average Bonchev–Trinajstić information content (AvgIpc) is 2.55. The third-order valence-electron chi connectivity index (χ3n) is 3.48. The molecule has 1 saturated heterocycles. The summed E-state index contributed by atoms with van der Waals surface area (Å²) in [5, 5.41) is 7.12. The lowest BCUT2D eigenvalue weighted by molar-refractivity contribution is -0.192. The van der Waals surface area contributed by atoms with Crippen LogP contribution in [0.25, 0.3) is 0 Å². The number of halogens is 3. The molecule has 1 heterocycles. The molecule has 140 valence electrons. The van der Waals surface area contributed by atoms with Crippen molar-refractivity contribution in [2.24, 2.45) is 11.7 Å². The van der Waals surface area contributed by atoms with E-state index in [0.29, 0.717) is 30.8 Å². The number of hydrogen-bond donors (Lipinski definition) is 2. The molecule has 0 aromatic heterocycles. The summed E-state index contributed by atoms with van der Waals surface area (Å²) in [7, 11) is -3.43. The van der Waals surface area contributed by atoms with E-state index >= 15 is 0 Å². The Kier molecular flexibility index (Phi) is 6.94. The minimum absolute atomic E-state index is 0.202. The summed E-state index contributed by atoms with van der Waals surface area (Å²) in [5.41, 5.74) is 5.23. The second-order valence-electron chi connectivity index (χ2n) is 5.20. The standard InChI is InChI=1S/C12H16N2O3S.C2HF3O2/c13-12(15)10-6-8-14(9-7-10)18(16,17)11-4-2-1-3-5-11;3-2(4,5)1(6)7/h1-5,10H,6-9H2,(H2,13,15);(H,6,7). The molecule has 0 spiro atoms. The van der Waals surface area contributed by atoms with Crippen LogP contribution in [-0.2, 0) is 19.6 Å².